The molecule has 1 atom stereocenters. The smallest absolute Gasteiger partial charge is 0.273 e. The second kappa shape index (κ2) is 9.59. The lowest BCUT2D eigenvalue weighted by Gasteiger charge is -2.29. The highest BCUT2D eigenvalue weighted by Crippen LogP contribution is 2.29. The predicted octanol–water partition coefficient (Wildman–Crippen LogP) is 4.94. The molecule has 0 fully saturated rings. The second-order valence-electron chi connectivity index (χ2n) is 5.18. The molecule has 0 bridgehead atoms. The minimum atomic E-state index is -0.125. The number of benzene rings is 1. The van der Waals surface area contributed by atoms with E-state index in [-0.39, 0.29) is 24.4 Å². The number of hydrogen-bond donors (Lipinski definition) is 1. The van der Waals surface area contributed by atoms with E-state index in [1.165, 1.54) is 11.3 Å². The van der Waals surface area contributed by atoms with Crippen molar-refractivity contribution in [3.05, 3.63) is 49.9 Å². The Bertz CT molecular complexity index is 693. The molecule has 2 aromatic rings. The van der Waals surface area contributed by atoms with Gasteiger partial charge in [-0.15, -0.1) is 23.7 Å². The highest BCUT2D eigenvalue weighted by atomic mass is 35.5. The van der Waals surface area contributed by atoms with E-state index in [9.17, 15) is 4.79 Å². The maximum Gasteiger partial charge on any atom is 0.273 e. The largest absolute Gasteiger partial charge is 0.331 e. The molecule has 8 heteroatoms. The Balaban J connectivity index is 0.00000288. The Morgan fingerprint density at radius 3 is 2.62 bits per heavy atom. The van der Waals surface area contributed by atoms with Gasteiger partial charge in [0.05, 0.1) is 16.1 Å². The van der Waals surface area contributed by atoms with Crippen LogP contribution in [-0.2, 0) is 6.54 Å². The van der Waals surface area contributed by atoms with Gasteiger partial charge in [0.15, 0.2) is 0 Å². The van der Waals surface area contributed by atoms with E-state index < -0.39 is 0 Å². The van der Waals surface area contributed by atoms with Crippen molar-refractivity contribution in [2.75, 3.05) is 6.54 Å². The summed E-state index contributed by atoms with van der Waals surface area (Å²) < 4.78 is 0. The van der Waals surface area contributed by atoms with Gasteiger partial charge in [-0.2, -0.15) is 0 Å². The molecule has 24 heavy (non-hydrogen) atoms. The maximum atomic E-state index is 12.8. The van der Waals surface area contributed by atoms with E-state index in [2.05, 4.69) is 4.98 Å². The lowest BCUT2D eigenvalue weighted by atomic mass is 10.1. The number of nitrogens with two attached hydrogens (primary N) is 1. The van der Waals surface area contributed by atoms with Crippen LogP contribution in [-0.4, -0.2) is 22.3 Å². The molecule has 0 spiro atoms. The number of carbonyl (C=O) groups excluding carboxylic acids is 1. The zero-order chi connectivity index (χ0) is 17.0. The van der Waals surface area contributed by atoms with Crippen molar-refractivity contribution in [2.45, 2.75) is 32.9 Å². The van der Waals surface area contributed by atoms with Crippen LogP contribution < -0.4 is 5.73 Å². The number of carbonyl (C=O) groups is 1. The highest BCUT2D eigenvalue weighted by Gasteiger charge is 2.24. The molecule has 0 radical (unpaired) electrons. The summed E-state index contributed by atoms with van der Waals surface area (Å²) in [5.74, 6) is -0.0960. The van der Waals surface area contributed by atoms with Gasteiger partial charge in [0.1, 0.15) is 10.7 Å². The summed E-state index contributed by atoms with van der Waals surface area (Å²) in [6.07, 6.45) is 0.852. The van der Waals surface area contributed by atoms with Crippen molar-refractivity contribution >= 4 is 52.9 Å². The molecule has 0 saturated heterocycles. The van der Waals surface area contributed by atoms with Gasteiger partial charge in [-0.05, 0) is 31.0 Å². The van der Waals surface area contributed by atoms with Crippen molar-refractivity contribution in [2.24, 2.45) is 5.73 Å². The topological polar surface area (TPSA) is 59.2 Å². The van der Waals surface area contributed by atoms with Gasteiger partial charge in [-0.1, -0.05) is 36.2 Å². The molecule has 1 amide bonds. The molecule has 1 aromatic heterocycles. The van der Waals surface area contributed by atoms with Gasteiger partial charge in [0, 0.05) is 18.5 Å². The van der Waals surface area contributed by atoms with Crippen LogP contribution in [0.5, 0.6) is 0 Å². The van der Waals surface area contributed by atoms with Crippen LogP contribution in [0.1, 0.15) is 47.4 Å². The third-order valence-corrected chi connectivity index (χ3v) is 5.17. The zero-order valence-corrected chi connectivity index (χ0v) is 16.6. The minimum Gasteiger partial charge on any atom is -0.331 e. The molecule has 1 heterocycles. The average Bonchev–Trinajstić information content (AvgIpc) is 3.03. The van der Waals surface area contributed by atoms with E-state index in [1.807, 2.05) is 19.9 Å². The fourth-order valence-corrected chi connectivity index (χ4v) is 3.27. The SMILES string of the molecule is CCCN(C(=O)c1csc(CN)n1)C(C)c1ccc(Cl)c(Cl)c1.Cl. The summed E-state index contributed by atoms with van der Waals surface area (Å²) in [4.78, 5) is 18.9. The molecular weight excluding hydrogens is 389 g/mol. The standard InChI is InChI=1S/C16H19Cl2N3OS.ClH/c1-3-6-21(16(22)14-9-23-15(8-19)20-14)10(2)11-4-5-12(17)13(18)7-11;/h4-5,7,9-10H,3,6,8,19H2,1-2H3;1H. The fourth-order valence-electron chi connectivity index (χ4n) is 2.31. The monoisotopic (exact) mass is 407 g/mol. The molecule has 0 saturated carbocycles. The molecule has 0 aliphatic carbocycles. The summed E-state index contributed by atoms with van der Waals surface area (Å²) in [6.45, 7) is 4.99. The number of amides is 1. The first-order chi connectivity index (χ1) is 11.0. The van der Waals surface area contributed by atoms with Gasteiger partial charge >= 0.3 is 0 Å². The fraction of sp³-hybridized carbons (Fsp3) is 0.375. The van der Waals surface area contributed by atoms with E-state index in [4.69, 9.17) is 28.9 Å². The van der Waals surface area contributed by atoms with Crippen molar-refractivity contribution in [3.63, 3.8) is 0 Å². The quantitative estimate of drug-likeness (QED) is 0.736. The summed E-state index contributed by atoms with van der Waals surface area (Å²) in [5.41, 5.74) is 6.96. The number of nitrogens with zero attached hydrogens (tertiary/aromatic N) is 2. The Kier molecular flexibility index (Phi) is 8.46. The predicted molar refractivity (Wildman–Crippen MR) is 103 cm³/mol. The maximum absolute atomic E-state index is 12.8. The van der Waals surface area contributed by atoms with Gasteiger partial charge in [-0.3, -0.25) is 4.79 Å². The molecule has 1 aromatic carbocycles. The summed E-state index contributed by atoms with van der Waals surface area (Å²) in [7, 11) is 0. The molecule has 0 aliphatic heterocycles. The Morgan fingerprint density at radius 1 is 1.38 bits per heavy atom. The minimum absolute atomic E-state index is 0. The summed E-state index contributed by atoms with van der Waals surface area (Å²) >= 11 is 13.5. The number of hydrogen-bond acceptors (Lipinski definition) is 4. The second-order valence-corrected chi connectivity index (χ2v) is 6.94. The zero-order valence-electron chi connectivity index (χ0n) is 13.5. The molecule has 2 N–H and O–H groups in total. The number of rotatable bonds is 6. The van der Waals surface area contributed by atoms with Gasteiger partial charge < -0.3 is 10.6 Å². The van der Waals surface area contributed by atoms with Crippen molar-refractivity contribution in [3.8, 4) is 0 Å². The molecular formula is C16H20Cl3N3OS. The van der Waals surface area contributed by atoms with Gasteiger partial charge in [0.25, 0.3) is 5.91 Å². The van der Waals surface area contributed by atoms with E-state index in [0.29, 0.717) is 28.8 Å². The van der Waals surface area contributed by atoms with Crippen molar-refractivity contribution in [1.82, 2.24) is 9.88 Å². The molecule has 1 unspecified atom stereocenters. The summed E-state index contributed by atoms with van der Waals surface area (Å²) in [5, 5.41) is 3.50. The van der Waals surface area contributed by atoms with Gasteiger partial charge in [0.2, 0.25) is 0 Å². The van der Waals surface area contributed by atoms with Crippen LogP contribution >= 0.6 is 46.9 Å². The normalized spacial score (nSPS) is 11.7. The van der Waals surface area contributed by atoms with Crippen LogP contribution in [0.4, 0.5) is 0 Å². The van der Waals surface area contributed by atoms with Crippen LogP contribution in [0.25, 0.3) is 0 Å². The average molecular weight is 409 g/mol. The third kappa shape index (κ3) is 4.83. The Hall–Kier alpha value is -0.850. The van der Waals surface area contributed by atoms with Crippen LogP contribution in [0.2, 0.25) is 10.0 Å². The van der Waals surface area contributed by atoms with Crippen molar-refractivity contribution in [1.29, 1.82) is 0 Å². The van der Waals surface area contributed by atoms with Crippen molar-refractivity contribution < 1.29 is 4.79 Å². The Morgan fingerprint density at radius 2 is 2.08 bits per heavy atom. The van der Waals surface area contributed by atoms with E-state index in [1.54, 1.807) is 22.4 Å². The van der Waals surface area contributed by atoms with E-state index >= 15 is 0 Å². The first-order valence-electron chi connectivity index (χ1n) is 7.38. The van der Waals surface area contributed by atoms with Gasteiger partial charge in [-0.25, -0.2) is 4.98 Å². The third-order valence-electron chi connectivity index (χ3n) is 3.56. The molecule has 132 valence electrons. The molecule has 0 aliphatic rings. The van der Waals surface area contributed by atoms with Crippen LogP contribution in [0.15, 0.2) is 23.6 Å². The highest BCUT2D eigenvalue weighted by molar-refractivity contribution is 7.09. The first-order valence-corrected chi connectivity index (χ1v) is 9.01. The lowest BCUT2D eigenvalue weighted by Crippen LogP contribution is -2.34. The molecule has 2 rings (SSSR count). The number of thiazole rings is 1. The van der Waals surface area contributed by atoms with Crippen LogP contribution in [0, 0.1) is 0 Å². The van der Waals surface area contributed by atoms with E-state index in [0.717, 1.165) is 17.0 Å². The lowest BCUT2D eigenvalue weighted by molar-refractivity contribution is 0.0685. The van der Waals surface area contributed by atoms with Crippen LogP contribution in [0.3, 0.4) is 0 Å². The number of halogens is 3. The number of aromatic nitrogens is 1. The molecule has 4 nitrogen and oxygen atoms in total. The summed E-state index contributed by atoms with van der Waals surface area (Å²) in [6, 6.07) is 5.32. The Labute approximate surface area is 162 Å². The first kappa shape index (κ1) is 21.2.